The topological polar surface area (TPSA) is 96.0 Å². The molecule has 1 aliphatic carbocycles. The molecule has 0 spiro atoms. The van der Waals surface area contributed by atoms with Crippen LogP contribution in [0, 0.1) is 5.41 Å². The average molecular weight is 573 g/mol. The molecule has 0 saturated carbocycles. The van der Waals surface area contributed by atoms with Gasteiger partial charge in [0.15, 0.2) is 21.4 Å². The highest BCUT2D eigenvalue weighted by molar-refractivity contribution is 7.92. The van der Waals surface area contributed by atoms with Crippen LogP contribution in [0.1, 0.15) is 80.1 Å². The van der Waals surface area contributed by atoms with Crippen molar-refractivity contribution < 1.29 is 32.2 Å². The average Bonchev–Trinajstić information content (AvgIpc) is 2.89. The Hall–Kier alpha value is -2.55. The summed E-state index contributed by atoms with van der Waals surface area (Å²) in [4.78, 5) is 27.3. The number of benzene rings is 1. The molecule has 1 aliphatic heterocycles. The van der Waals surface area contributed by atoms with Gasteiger partial charge >= 0.3 is 5.97 Å². The molecule has 0 radical (unpaired) electrons. The summed E-state index contributed by atoms with van der Waals surface area (Å²) in [5, 5.41) is -1.24. The Morgan fingerprint density at radius 1 is 1.02 bits per heavy atom. The fourth-order valence-corrected chi connectivity index (χ4v) is 7.09. The molecule has 4 atom stereocenters. The highest BCUT2D eigenvalue weighted by Crippen LogP contribution is 2.41. The van der Waals surface area contributed by atoms with Crippen LogP contribution in [0.3, 0.4) is 0 Å². The Morgan fingerprint density at radius 3 is 2.40 bits per heavy atom. The van der Waals surface area contributed by atoms with Crippen LogP contribution in [0.15, 0.2) is 70.7 Å². The van der Waals surface area contributed by atoms with E-state index in [4.69, 9.17) is 14.2 Å². The van der Waals surface area contributed by atoms with Crippen molar-refractivity contribution in [2.45, 2.75) is 108 Å². The van der Waals surface area contributed by atoms with Gasteiger partial charge in [0.2, 0.25) is 0 Å². The summed E-state index contributed by atoms with van der Waals surface area (Å²) >= 11 is 0. The Kier molecular flexibility index (Phi) is 10.7. The van der Waals surface area contributed by atoms with Crippen molar-refractivity contribution >= 4 is 21.6 Å². The van der Waals surface area contributed by atoms with Crippen molar-refractivity contribution in [2.24, 2.45) is 5.41 Å². The lowest BCUT2D eigenvalue weighted by molar-refractivity contribution is -0.315. The molecule has 3 rings (SSSR count). The number of rotatable bonds is 4. The van der Waals surface area contributed by atoms with E-state index in [0.717, 1.165) is 24.0 Å². The molecule has 0 aromatic heterocycles. The quantitative estimate of drug-likeness (QED) is 0.309. The number of Topliss-reactive ketones (excluding diaryl/α,β-unsaturated/α-hetero) is 1. The number of hydrogen-bond donors (Lipinski definition) is 0. The smallest absolute Gasteiger partial charge is 0.314 e. The van der Waals surface area contributed by atoms with Gasteiger partial charge in [-0.3, -0.25) is 9.59 Å². The molecule has 2 aliphatic rings. The van der Waals surface area contributed by atoms with E-state index in [2.05, 4.69) is 6.08 Å². The Balaban J connectivity index is 2.06. The first-order chi connectivity index (χ1) is 18.8. The summed E-state index contributed by atoms with van der Waals surface area (Å²) in [5.41, 5.74) is 0.839. The van der Waals surface area contributed by atoms with Gasteiger partial charge in [0, 0.05) is 12.8 Å². The van der Waals surface area contributed by atoms with E-state index >= 15 is 0 Å². The van der Waals surface area contributed by atoms with Crippen molar-refractivity contribution in [3.8, 4) is 0 Å². The second kappa shape index (κ2) is 13.4. The van der Waals surface area contributed by atoms with Crippen LogP contribution in [-0.2, 0) is 33.6 Å². The van der Waals surface area contributed by atoms with Crippen molar-refractivity contribution in [1.82, 2.24) is 0 Å². The van der Waals surface area contributed by atoms with Gasteiger partial charge in [0.1, 0.15) is 5.25 Å². The van der Waals surface area contributed by atoms with E-state index < -0.39 is 44.3 Å². The molecular formula is C32H44O7S. The first kappa shape index (κ1) is 32.0. The summed E-state index contributed by atoms with van der Waals surface area (Å²) in [7, 11) is -3.95. The lowest BCUT2D eigenvalue weighted by Crippen LogP contribution is -2.54. The minimum Gasteiger partial charge on any atom is -0.465 e. The second-order valence-electron chi connectivity index (χ2n) is 11.5. The summed E-state index contributed by atoms with van der Waals surface area (Å²) in [6.45, 7) is 11.2. The normalized spacial score (nSPS) is 32.0. The third-order valence-electron chi connectivity index (χ3n) is 7.60. The molecule has 220 valence electrons. The summed E-state index contributed by atoms with van der Waals surface area (Å²) < 4.78 is 45.4. The number of ether oxygens (including phenoxy) is 3. The van der Waals surface area contributed by atoms with Crippen LogP contribution in [0.4, 0.5) is 0 Å². The van der Waals surface area contributed by atoms with E-state index in [-0.39, 0.29) is 36.7 Å². The van der Waals surface area contributed by atoms with Crippen LogP contribution in [0.25, 0.3) is 0 Å². The largest absolute Gasteiger partial charge is 0.465 e. The number of carbonyl (C=O) groups excluding carboxylic acids is 2. The molecule has 40 heavy (non-hydrogen) atoms. The molecule has 0 amide bonds. The first-order valence-corrected chi connectivity index (χ1v) is 15.7. The Bertz CT molecular complexity index is 1240. The van der Waals surface area contributed by atoms with Gasteiger partial charge in [0.25, 0.3) is 0 Å². The number of sulfone groups is 1. The molecular weight excluding hydrogens is 528 g/mol. The highest BCUT2D eigenvalue weighted by Gasteiger charge is 2.50. The predicted molar refractivity (Wildman–Crippen MR) is 155 cm³/mol. The summed E-state index contributed by atoms with van der Waals surface area (Å²) in [5.74, 6) is -1.87. The minimum absolute atomic E-state index is 0.106. The van der Waals surface area contributed by atoms with Crippen molar-refractivity contribution in [2.75, 3.05) is 6.61 Å². The maximum Gasteiger partial charge on any atom is 0.314 e. The van der Waals surface area contributed by atoms with Gasteiger partial charge in [-0.1, -0.05) is 53.6 Å². The van der Waals surface area contributed by atoms with Crippen LogP contribution in [0.5, 0.6) is 0 Å². The fraction of sp³-hybridized carbons (Fsp3) is 0.562. The number of fused-ring (bicyclic) bond motifs is 2. The van der Waals surface area contributed by atoms with Gasteiger partial charge in [-0.25, -0.2) is 8.42 Å². The monoisotopic (exact) mass is 572 g/mol. The zero-order valence-electron chi connectivity index (χ0n) is 24.6. The second-order valence-corrected chi connectivity index (χ2v) is 13.7. The number of esters is 1. The van der Waals surface area contributed by atoms with Crippen molar-refractivity contribution in [3.05, 3.63) is 65.8 Å². The van der Waals surface area contributed by atoms with E-state index in [9.17, 15) is 18.0 Å². The van der Waals surface area contributed by atoms with Gasteiger partial charge in [-0.15, -0.1) is 0 Å². The number of ketones is 1. The number of carbonyl (C=O) groups is 2. The third-order valence-corrected chi connectivity index (χ3v) is 9.71. The SMILES string of the molecule is CCOC(=O)[C@@]1(C)C/C=C(C)/C=C/CC/C=C(\C)CC(S(=O)(=O)c2ccccc2)C(=O)C[C@@H]2C[C@H]1OC(C)(C)O2. The van der Waals surface area contributed by atoms with E-state index in [1.54, 1.807) is 39.0 Å². The zero-order valence-corrected chi connectivity index (χ0v) is 25.5. The Labute approximate surface area is 239 Å². The molecule has 0 N–H and O–H groups in total. The van der Waals surface area contributed by atoms with Crippen LogP contribution in [0.2, 0.25) is 0 Å². The van der Waals surface area contributed by atoms with Crippen molar-refractivity contribution in [1.29, 1.82) is 0 Å². The first-order valence-electron chi connectivity index (χ1n) is 14.1. The van der Waals surface area contributed by atoms with E-state index in [1.807, 2.05) is 39.0 Å². The summed E-state index contributed by atoms with van der Waals surface area (Å²) in [6, 6.07) is 8.12. The molecule has 1 saturated heterocycles. The van der Waals surface area contributed by atoms with Gasteiger partial charge < -0.3 is 14.2 Å². The molecule has 1 heterocycles. The lowest BCUT2D eigenvalue weighted by atomic mass is 9.76. The fourth-order valence-electron chi connectivity index (χ4n) is 5.30. The molecule has 1 fully saturated rings. The molecule has 1 aromatic rings. The third kappa shape index (κ3) is 8.02. The van der Waals surface area contributed by atoms with Crippen LogP contribution < -0.4 is 0 Å². The summed E-state index contributed by atoms with van der Waals surface area (Å²) in [6.07, 6.45) is 8.97. The van der Waals surface area contributed by atoms with Crippen molar-refractivity contribution in [3.63, 3.8) is 0 Å². The van der Waals surface area contributed by atoms with E-state index in [0.29, 0.717) is 6.42 Å². The highest BCUT2D eigenvalue weighted by atomic mass is 32.2. The molecule has 7 nitrogen and oxygen atoms in total. The van der Waals surface area contributed by atoms with Crippen LogP contribution >= 0.6 is 0 Å². The van der Waals surface area contributed by atoms with Gasteiger partial charge in [-0.2, -0.15) is 0 Å². The standard InChI is InChI=1S/C32H44O7S/c1-7-37-30(34)32(6)19-18-23(2)14-10-8-11-15-24(3)20-28(40(35,36)26-16-12-9-13-17-26)27(33)21-25-22-29(32)39-31(4,5)38-25/h9-10,12-18,25,28-29H,7-8,11,19-22H2,1-6H3/b14-10+,23-18+,24-15+/t25-,28?,29-,32+/m1/s1. The lowest BCUT2D eigenvalue weighted by Gasteiger charge is -2.46. The van der Waals surface area contributed by atoms with Gasteiger partial charge in [-0.05, 0) is 79.4 Å². The zero-order chi connectivity index (χ0) is 29.6. The molecule has 1 unspecified atom stereocenters. The molecule has 2 bridgehead atoms. The van der Waals surface area contributed by atoms with Gasteiger partial charge in [0.05, 0.1) is 29.1 Å². The Morgan fingerprint density at radius 2 is 1.73 bits per heavy atom. The predicted octanol–water partition coefficient (Wildman–Crippen LogP) is 6.29. The maximum atomic E-state index is 13.8. The minimum atomic E-state index is -3.95. The maximum absolute atomic E-state index is 13.8. The van der Waals surface area contributed by atoms with Crippen LogP contribution in [-0.4, -0.2) is 50.0 Å². The number of hydrogen-bond acceptors (Lipinski definition) is 7. The molecule has 1 aromatic carbocycles. The van der Waals surface area contributed by atoms with E-state index in [1.165, 1.54) is 12.1 Å². The number of allylic oxidation sites excluding steroid dienone is 6. The molecule has 8 heteroatoms.